The van der Waals surface area contributed by atoms with E-state index in [1.165, 1.54) is 0 Å². The van der Waals surface area contributed by atoms with Crippen molar-refractivity contribution in [2.24, 2.45) is 0 Å². The summed E-state index contributed by atoms with van der Waals surface area (Å²) in [5, 5.41) is 3.97. The molecule has 206 valence electrons. The molecular weight excluding hydrogens is 611 g/mol. The van der Waals surface area contributed by atoms with Crippen molar-refractivity contribution in [2.45, 2.75) is 57.5 Å². The molecule has 2 aliphatic heterocycles. The largest absolute Gasteiger partial charge is 0.444 e. The van der Waals surface area contributed by atoms with Gasteiger partial charge in [0.25, 0.3) is 5.91 Å². The number of benzene rings is 2. The van der Waals surface area contributed by atoms with Gasteiger partial charge in [-0.2, -0.15) is 0 Å². The minimum atomic E-state index is -0.934. The van der Waals surface area contributed by atoms with Crippen LogP contribution >= 0.6 is 22.6 Å². The maximum absolute atomic E-state index is 13.7. The van der Waals surface area contributed by atoms with Crippen LogP contribution < -0.4 is 5.32 Å². The van der Waals surface area contributed by atoms with Crippen LogP contribution in [0.3, 0.4) is 0 Å². The number of nitrogens with one attached hydrogen (secondary N) is 2. The van der Waals surface area contributed by atoms with Crippen LogP contribution in [-0.4, -0.2) is 76.2 Å². The summed E-state index contributed by atoms with van der Waals surface area (Å²) < 4.78 is 12.8. The number of hydrogen-bond acceptors (Lipinski definition) is 5. The van der Waals surface area contributed by atoms with Gasteiger partial charge in [0.1, 0.15) is 11.7 Å². The van der Waals surface area contributed by atoms with Crippen molar-refractivity contribution in [1.29, 1.82) is 0 Å². The van der Waals surface area contributed by atoms with Gasteiger partial charge in [-0.1, -0.05) is 18.2 Å². The first-order valence-electron chi connectivity index (χ1n) is 13.1. The van der Waals surface area contributed by atoms with Crippen molar-refractivity contribution in [2.75, 3.05) is 25.0 Å². The molecule has 1 aromatic heterocycles. The van der Waals surface area contributed by atoms with Crippen molar-refractivity contribution in [1.82, 2.24) is 14.8 Å². The van der Waals surface area contributed by atoms with E-state index in [9.17, 15) is 14.4 Å². The Morgan fingerprint density at radius 3 is 2.62 bits per heavy atom. The van der Waals surface area contributed by atoms with Gasteiger partial charge in [-0.05, 0) is 85.7 Å². The highest BCUT2D eigenvalue weighted by Crippen LogP contribution is 2.30. The number of amides is 3. The fraction of sp³-hybridized carbons (Fsp3) is 0.414. The van der Waals surface area contributed by atoms with Crippen LogP contribution in [0.4, 0.5) is 10.5 Å². The number of nitrogens with zero attached hydrogens (tertiary/aromatic N) is 2. The summed E-state index contributed by atoms with van der Waals surface area (Å²) in [6, 6.07) is 15.2. The normalized spacial score (nSPS) is 21.2. The summed E-state index contributed by atoms with van der Waals surface area (Å²) in [4.78, 5) is 46.1. The number of hydrogen-bond donors (Lipinski definition) is 2. The van der Waals surface area contributed by atoms with Crippen LogP contribution in [0, 0.1) is 3.57 Å². The molecule has 2 saturated heterocycles. The van der Waals surface area contributed by atoms with Crippen LogP contribution in [-0.2, 0) is 25.5 Å². The lowest BCUT2D eigenvalue weighted by Gasteiger charge is -2.40. The minimum Gasteiger partial charge on any atom is -0.444 e. The first kappa shape index (κ1) is 27.4. The van der Waals surface area contributed by atoms with Crippen molar-refractivity contribution >= 4 is 57.1 Å². The molecule has 3 aromatic rings. The highest BCUT2D eigenvalue weighted by atomic mass is 127. The van der Waals surface area contributed by atoms with Gasteiger partial charge in [-0.15, -0.1) is 0 Å². The maximum atomic E-state index is 13.7. The number of carbonyl (C=O) groups excluding carboxylic acids is 3. The number of aromatic amines is 1. The number of ether oxygens (including phenoxy) is 2. The van der Waals surface area contributed by atoms with Crippen LogP contribution in [0.25, 0.3) is 10.9 Å². The third-order valence-corrected chi connectivity index (χ3v) is 7.70. The zero-order valence-electron chi connectivity index (χ0n) is 22.3. The quantitative estimate of drug-likeness (QED) is 0.384. The minimum absolute atomic E-state index is 0.107. The zero-order chi connectivity index (χ0) is 27.7. The number of likely N-dealkylation sites (tertiary alicyclic amines) is 1. The predicted octanol–water partition coefficient (Wildman–Crippen LogP) is 4.56. The third kappa shape index (κ3) is 6.38. The molecule has 0 bridgehead atoms. The van der Waals surface area contributed by atoms with Crippen LogP contribution in [0.15, 0.2) is 54.7 Å². The number of carbonyl (C=O) groups is 3. The molecular formula is C29H33IN4O5. The number of morpholine rings is 1. The first-order chi connectivity index (χ1) is 18.6. The molecule has 0 spiro atoms. The van der Waals surface area contributed by atoms with Crippen molar-refractivity contribution in [3.05, 3.63) is 63.9 Å². The molecule has 2 aliphatic rings. The van der Waals surface area contributed by atoms with E-state index >= 15 is 0 Å². The molecule has 2 aromatic carbocycles. The SMILES string of the molecule is CC(C)(C)OC(=O)N1CC2OC(CC(=O)Nc3ccc(I)cc3)C(=O)N(CCc3c[nH]c4ccccc34)C2C1. The Morgan fingerprint density at radius 2 is 1.87 bits per heavy atom. The molecule has 2 N–H and O–H groups in total. The van der Waals surface area contributed by atoms with Gasteiger partial charge >= 0.3 is 6.09 Å². The van der Waals surface area contributed by atoms with Gasteiger partial charge in [0.2, 0.25) is 5.91 Å². The van der Waals surface area contributed by atoms with Gasteiger partial charge in [-0.3, -0.25) is 9.59 Å². The Balaban J connectivity index is 1.33. The molecule has 10 heteroatoms. The van der Waals surface area contributed by atoms with Crippen LogP contribution in [0.5, 0.6) is 0 Å². The second kappa shape index (κ2) is 11.2. The standard InChI is InChI=1S/C29H33IN4O5/c1-29(2,3)39-28(37)33-16-23-25(17-33)38-24(14-26(35)32-20-10-8-19(30)9-11-20)27(36)34(23)13-12-18-15-31-22-7-5-4-6-21(18)22/h4-11,15,23-25,31H,12-14,16-17H2,1-3H3,(H,32,35). The monoisotopic (exact) mass is 644 g/mol. The lowest BCUT2D eigenvalue weighted by Crippen LogP contribution is -2.59. The first-order valence-corrected chi connectivity index (χ1v) is 14.2. The summed E-state index contributed by atoms with van der Waals surface area (Å²) >= 11 is 2.20. The molecule has 0 aliphatic carbocycles. The number of fused-ring (bicyclic) bond motifs is 2. The fourth-order valence-corrected chi connectivity index (χ4v) is 5.55. The number of halogens is 1. The maximum Gasteiger partial charge on any atom is 0.410 e. The van der Waals surface area contributed by atoms with E-state index in [2.05, 4.69) is 39.0 Å². The summed E-state index contributed by atoms with van der Waals surface area (Å²) in [6.45, 7) is 6.53. The van der Waals surface area contributed by atoms with E-state index < -0.39 is 23.9 Å². The average molecular weight is 645 g/mol. The van der Waals surface area contributed by atoms with E-state index in [-0.39, 0.29) is 24.3 Å². The van der Waals surface area contributed by atoms with Crippen molar-refractivity contribution in [3.8, 4) is 0 Å². The van der Waals surface area contributed by atoms with Crippen molar-refractivity contribution in [3.63, 3.8) is 0 Å². The van der Waals surface area contributed by atoms with Gasteiger partial charge < -0.3 is 29.6 Å². The van der Waals surface area contributed by atoms with Gasteiger partial charge in [0, 0.05) is 39.4 Å². The van der Waals surface area contributed by atoms with E-state index in [1.807, 2.05) is 69.4 Å². The van der Waals surface area contributed by atoms with E-state index in [0.717, 1.165) is 20.0 Å². The molecule has 3 unspecified atom stereocenters. The van der Waals surface area contributed by atoms with E-state index in [4.69, 9.17) is 9.47 Å². The number of rotatable bonds is 6. The Hall–Kier alpha value is -3.12. The number of aromatic nitrogens is 1. The third-order valence-electron chi connectivity index (χ3n) is 6.98. The Kier molecular flexibility index (Phi) is 7.86. The lowest BCUT2D eigenvalue weighted by atomic mass is 10.0. The van der Waals surface area contributed by atoms with Gasteiger partial charge in [0.05, 0.1) is 25.1 Å². The molecule has 39 heavy (non-hydrogen) atoms. The van der Waals surface area contributed by atoms with Gasteiger partial charge in [0.15, 0.2) is 0 Å². The summed E-state index contributed by atoms with van der Waals surface area (Å²) in [6.07, 6.45) is 0.723. The Bertz CT molecular complexity index is 1370. The number of para-hydroxylation sites is 1. The fourth-order valence-electron chi connectivity index (χ4n) is 5.19. The predicted molar refractivity (Wildman–Crippen MR) is 156 cm³/mol. The highest BCUT2D eigenvalue weighted by molar-refractivity contribution is 14.1. The smallest absolute Gasteiger partial charge is 0.410 e. The summed E-state index contributed by atoms with van der Waals surface area (Å²) in [5.74, 6) is -0.536. The Labute approximate surface area is 241 Å². The second-order valence-corrected chi connectivity index (χ2v) is 12.3. The van der Waals surface area contributed by atoms with Gasteiger partial charge in [-0.25, -0.2) is 4.79 Å². The molecule has 3 atom stereocenters. The van der Waals surface area contributed by atoms with E-state index in [1.54, 1.807) is 9.80 Å². The highest BCUT2D eigenvalue weighted by Gasteiger charge is 2.49. The lowest BCUT2D eigenvalue weighted by molar-refractivity contribution is -0.168. The van der Waals surface area contributed by atoms with Crippen LogP contribution in [0.2, 0.25) is 0 Å². The molecule has 3 heterocycles. The van der Waals surface area contributed by atoms with Crippen LogP contribution in [0.1, 0.15) is 32.8 Å². The summed E-state index contributed by atoms with van der Waals surface area (Å²) in [7, 11) is 0. The zero-order valence-corrected chi connectivity index (χ0v) is 24.4. The Morgan fingerprint density at radius 1 is 1.13 bits per heavy atom. The molecule has 0 saturated carbocycles. The van der Waals surface area contributed by atoms with Crippen molar-refractivity contribution < 1.29 is 23.9 Å². The van der Waals surface area contributed by atoms with E-state index in [0.29, 0.717) is 31.7 Å². The molecule has 2 fully saturated rings. The second-order valence-electron chi connectivity index (χ2n) is 11.0. The molecule has 5 rings (SSSR count). The number of anilines is 1. The summed E-state index contributed by atoms with van der Waals surface area (Å²) in [5.41, 5.74) is 2.18. The molecule has 0 radical (unpaired) electrons. The number of H-pyrrole nitrogens is 1. The topological polar surface area (TPSA) is 104 Å². The molecule has 9 nitrogen and oxygen atoms in total. The average Bonchev–Trinajstić information content (AvgIpc) is 3.49. The molecule has 3 amide bonds.